The summed E-state index contributed by atoms with van der Waals surface area (Å²) in [4.78, 5) is 26.9. The van der Waals surface area contributed by atoms with Gasteiger partial charge in [0.2, 0.25) is 0 Å². The average molecular weight is 381 g/mol. The first-order valence-corrected chi connectivity index (χ1v) is 9.38. The second-order valence-corrected chi connectivity index (χ2v) is 6.76. The molecular weight excluding hydrogens is 357 g/mol. The number of hydrogen-bond acceptors (Lipinski definition) is 3. The smallest absolute Gasteiger partial charge is 0.253 e. The van der Waals surface area contributed by atoms with Crippen LogP contribution in [0.5, 0.6) is 0 Å². The minimum atomic E-state index is -0.422. The van der Waals surface area contributed by atoms with E-state index >= 15 is 0 Å². The Balaban J connectivity index is 1.60. The van der Waals surface area contributed by atoms with Crippen LogP contribution in [-0.2, 0) is 0 Å². The molecule has 1 aliphatic heterocycles. The standard InChI is InChI=1S/C22H24FN3O2/c1-2-12-24-22(28)19-8-3-4-9-20(19)26-13-10-18(11-14-26)25-21(27)16-6-5-7-17(23)15-16/h2-9,15,18H,1,10-14H2,(H,24,28)(H,25,27). The first kappa shape index (κ1) is 19.6. The summed E-state index contributed by atoms with van der Waals surface area (Å²) in [6, 6.07) is 13.2. The molecule has 5 nitrogen and oxygen atoms in total. The number of hydrogen-bond donors (Lipinski definition) is 2. The summed E-state index contributed by atoms with van der Waals surface area (Å²) < 4.78 is 13.3. The zero-order valence-corrected chi connectivity index (χ0v) is 15.7. The number of carbonyl (C=O) groups is 2. The van der Waals surface area contributed by atoms with Crippen LogP contribution in [0.3, 0.4) is 0 Å². The van der Waals surface area contributed by atoms with Crippen LogP contribution in [0.25, 0.3) is 0 Å². The molecule has 1 fully saturated rings. The molecule has 146 valence electrons. The molecule has 2 aromatic carbocycles. The Morgan fingerprint density at radius 2 is 1.86 bits per heavy atom. The van der Waals surface area contributed by atoms with E-state index in [1.807, 2.05) is 24.3 Å². The van der Waals surface area contributed by atoms with E-state index in [1.54, 1.807) is 12.1 Å². The molecule has 0 unspecified atom stereocenters. The van der Waals surface area contributed by atoms with Gasteiger partial charge in [0.1, 0.15) is 5.82 Å². The number of anilines is 1. The topological polar surface area (TPSA) is 61.4 Å². The van der Waals surface area contributed by atoms with Gasteiger partial charge in [0.15, 0.2) is 0 Å². The van der Waals surface area contributed by atoms with E-state index in [4.69, 9.17) is 0 Å². The molecule has 0 aromatic heterocycles. The Hall–Kier alpha value is -3.15. The molecule has 0 bridgehead atoms. The molecule has 3 rings (SSSR count). The van der Waals surface area contributed by atoms with Crippen molar-refractivity contribution < 1.29 is 14.0 Å². The van der Waals surface area contributed by atoms with Gasteiger partial charge in [-0.3, -0.25) is 9.59 Å². The fraction of sp³-hybridized carbons (Fsp3) is 0.273. The lowest BCUT2D eigenvalue weighted by atomic mass is 10.0. The molecule has 0 radical (unpaired) electrons. The molecule has 0 spiro atoms. The number of nitrogens with one attached hydrogen (secondary N) is 2. The molecule has 0 saturated carbocycles. The van der Waals surface area contributed by atoms with Crippen molar-refractivity contribution in [2.24, 2.45) is 0 Å². The fourth-order valence-corrected chi connectivity index (χ4v) is 3.36. The van der Waals surface area contributed by atoms with Gasteiger partial charge in [-0.15, -0.1) is 6.58 Å². The maximum Gasteiger partial charge on any atom is 0.253 e. The zero-order chi connectivity index (χ0) is 19.9. The van der Waals surface area contributed by atoms with E-state index in [0.717, 1.165) is 31.6 Å². The molecule has 2 aromatic rings. The van der Waals surface area contributed by atoms with Gasteiger partial charge < -0.3 is 15.5 Å². The lowest BCUT2D eigenvalue weighted by Crippen LogP contribution is -2.45. The first-order chi connectivity index (χ1) is 13.6. The second-order valence-electron chi connectivity index (χ2n) is 6.76. The average Bonchev–Trinajstić information content (AvgIpc) is 2.72. The predicted molar refractivity (Wildman–Crippen MR) is 108 cm³/mol. The third kappa shape index (κ3) is 4.76. The van der Waals surface area contributed by atoms with Crippen LogP contribution in [0.2, 0.25) is 0 Å². The number of amides is 2. The van der Waals surface area contributed by atoms with Crippen LogP contribution in [-0.4, -0.2) is 37.5 Å². The summed E-state index contributed by atoms with van der Waals surface area (Å²) in [5, 5.41) is 5.79. The van der Waals surface area contributed by atoms with Crippen LogP contribution < -0.4 is 15.5 Å². The van der Waals surface area contributed by atoms with Gasteiger partial charge in [0.25, 0.3) is 11.8 Å². The van der Waals surface area contributed by atoms with Gasteiger partial charge in [-0.1, -0.05) is 24.3 Å². The van der Waals surface area contributed by atoms with Gasteiger partial charge in [0, 0.05) is 36.9 Å². The molecule has 1 saturated heterocycles. The Labute approximate surface area is 164 Å². The van der Waals surface area contributed by atoms with Crippen LogP contribution in [0.1, 0.15) is 33.6 Å². The minimum absolute atomic E-state index is 0.0220. The lowest BCUT2D eigenvalue weighted by Gasteiger charge is -2.34. The number of halogens is 1. The number of nitrogens with zero attached hydrogens (tertiary/aromatic N) is 1. The second kappa shape index (κ2) is 9.17. The highest BCUT2D eigenvalue weighted by Crippen LogP contribution is 2.24. The predicted octanol–water partition coefficient (Wildman–Crippen LogP) is 3.14. The maximum atomic E-state index is 13.3. The molecule has 0 atom stereocenters. The van der Waals surface area contributed by atoms with Crippen LogP contribution >= 0.6 is 0 Å². The summed E-state index contributed by atoms with van der Waals surface area (Å²) in [6.07, 6.45) is 3.15. The number of piperidine rings is 1. The highest BCUT2D eigenvalue weighted by molar-refractivity contribution is 6.00. The Kier molecular flexibility index (Phi) is 6.42. The van der Waals surface area contributed by atoms with Crippen LogP contribution in [0.4, 0.5) is 10.1 Å². The minimum Gasteiger partial charge on any atom is -0.371 e. The van der Waals surface area contributed by atoms with E-state index in [2.05, 4.69) is 22.1 Å². The van der Waals surface area contributed by atoms with Gasteiger partial charge >= 0.3 is 0 Å². The Bertz CT molecular complexity index is 860. The van der Waals surface area contributed by atoms with E-state index < -0.39 is 5.82 Å². The number of para-hydroxylation sites is 1. The third-order valence-corrected chi connectivity index (χ3v) is 4.81. The van der Waals surface area contributed by atoms with Crippen molar-refractivity contribution >= 4 is 17.5 Å². The van der Waals surface area contributed by atoms with Gasteiger partial charge in [-0.2, -0.15) is 0 Å². The van der Waals surface area contributed by atoms with Gasteiger partial charge in [-0.05, 0) is 43.2 Å². The number of rotatable bonds is 6. The van der Waals surface area contributed by atoms with E-state index in [-0.39, 0.29) is 17.9 Å². The Morgan fingerprint density at radius 1 is 1.11 bits per heavy atom. The summed E-state index contributed by atoms with van der Waals surface area (Å²) in [5.41, 5.74) is 1.84. The number of benzene rings is 2. The first-order valence-electron chi connectivity index (χ1n) is 9.38. The fourth-order valence-electron chi connectivity index (χ4n) is 3.36. The molecule has 2 amide bonds. The van der Waals surface area contributed by atoms with Gasteiger partial charge in [0.05, 0.1) is 5.56 Å². The van der Waals surface area contributed by atoms with Crippen molar-refractivity contribution in [1.29, 1.82) is 0 Å². The molecule has 28 heavy (non-hydrogen) atoms. The maximum absolute atomic E-state index is 13.3. The van der Waals surface area contributed by atoms with E-state index in [9.17, 15) is 14.0 Å². The van der Waals surface area contributed by atoms with Crippen molar-refractivity contribution in [2.75, 3.05) is 24.5 Å². The van der Waals surface area contributed by atoms with E-state index in [0.29, 0.717) is 17.7 Å². The van der Waals surface area contributed by atoms with E-state index in [1.165, 1.54) is 18.2 Å². The highest BCUT2D eigenvalue weighted by atomic mass is 19.1. The largest absolute Gasteiger partial charge is 0.371 e. The summed E-state index contributed by atoms with van der Waals surface area (Å²) >= 11 is 0. The third-order valence-electron chi connectivity index (χ3n) is 4.81. The monoisotopic (exact) mass is 381 g/mol. The van der Waals surface area contributed by atoms with Crippen molar-refractivity contribution in [1.82, 2.24) is 10.6 Å². The highest BCUT2D eigenvalue weighted by Gasteiger charge is 2.24. The van der Waals surface area contributed by atoms with Crippen molar-refractivity contribution in [3.05, 3.63) is 78.1 Å². The van der Waals surface area contributed by atoms with Crippen LogP contribution in [0.15, 0.2) is 61.2 Å². The molecule has 2 N–H and O–H groups in total. The van der Waals surface area contributed by atoms with Crippen LogP contribution in [0, 0.1) is 5.82 Å². The lowest BCUT2D eigenvalue weighted by molar-refractivity contribution is 0.0929. The molecular formula is C22H24FN3O2. The quantitative estimate of drug-likeness (QED) is 0.756. The van der Waals surface area contributed by atoms with Crippen molar-refractivity contribution in [2.45, 2.75) is 18.9 Å². The SMILES string of the molecule is C=CCNC(=O)c1ccccc1N1CCC(NC(=O)c2cccc(F)c2)CC1. The zero-order valence-electron chi connectivity index (χ0n) is 15.7. The van der Waals surface area contributed by atoms with Crippen molar-refractivity contribution in [3.8, 4) is 0 Å². The summed E-state index contributed by atoms with van der Waals surface area (Å²) in [6.45, 7) is 5.48. The molecule has 0 aliphatic carbocycles. The molecule has 1 aliphatic rings. The molecule has 6 heteroatoms. The van der Waals surface area contributed by atoms with Crippen molar-refractivity contribution in [3.63, 3.8) is 0 Å². The normalized spacial score (nSPS) is 14.4. The Morgan fingerprint density at radius 3 is 2.57 bits per heavy atom. The summed E-state index contributed by atoms with van der Waals surface area (Å²) in [5.74, 6) is -0.812. The molecule has 1 heterocycles. The number of carbonyl (C=O) groups excluding carboxylic acids is 2. The van der Waals surface area contributed by atoms with Gasteiger partial charge in [-0.25, -0.2) is 4.39 Å². The summed E-state index contributed by atoms with van der Waals surface area (Å²) in [7, 11) is 0.